The van der Waals surface area contributed by atoms with E-state index in [1.807, 2.05) is 42.5 Å². The molecule has 1 aliphatic heterocycles. The van der Waals surface area contributed by atoms with Crippen molar-refractivity contribution in [2.75, 3.05) is 44.1 Å². The van der Waals surface area contributed by atoms with Crippen LogP contribution in [0.4, 0.5) is 11.6 Å². The summed E-state index contributed by atoms with van der Waals surface area (Å²) in [5.41, 5.74) is 3.25. The van der Waals surface area contributed by atoms with Crippen LogP contribution in [0.5, 0.6) is 11.5 Å². The molecule has 0 bridgehead atoms. The number of nitrogens with one attached hydrogen (secondary N) is 1. The SMILES string of the molecule is COc1ccc(CNc2ncc(CN3CCN(c4cccc(Cl)c4)C(=O)C3)c3nc(-c4ccco4)nn23)cc1OC. The van der Waals surface area contributed by atoms with Crippen LogP contribution in [0.25, 0.3) is 17.2 Å². The molecular formula is C29H28ClN7O4. The van der Waals surface area contributed by atoms with E-state index in [2.05, 4.69) is 15.2 Å². The van der Waals surface area contributed by atoms with Gasteiger partial charge in [0.15, 0.2) is 22.9 Å². The molecule has 0 saturated carbocycles. The number of anilines is 2. The van der Waals surface area contributed by atoms with Gasteiger partial charge in [-0.25, -0.2) is 9.97 Å². The van der Waals surface area contributed by atoms with Gasteiger partial charge in [0.2, 0.25) is 17.7 Å². The molecule has 1 fully saturated rings. The van der Waals surface area contributed by atoms with Crippen molar-refractivity contribution < 1.29 is 18.7 Å². The van der Waals surface area contributed by atoms with Crippen molar-refractivity contribution >= 4 is 34.8 Å². The van der Waals surface area contributed by atoms with Crippen molar-refractivity contribution in [2.24, 2.45) is 0 Å². The zero-order valence-corrected chi connectivity index (χ0v) is 23.3. The predicted octanol–water partition coefficient (Wildman–Crippen LogP) is 4.52. The van der Waals surface area contributed by atoms with E-state index in [0.29, 0.717) is 65.9 Å². The number of piperazine rings is 1. The number of halogens is 1. The Hall–Kier alpha value is -4.61. The molecule has 41 heavy (non-hydrogen) atoms. The smallest absolute Gasteiger partial charge is 0.241 e. The molecule has 0 unspecified atom stereocenters. The van der Waals surface area contributed by atoms with Gasteiger partial charge in [0.05, 0.1) is 27.0 Å². The van der Waals surface area contributed by atoms with Gasteiger partial charge in [-0.05, 0) is 48.0 Å². The van der Waals surface area contributed by atoms with Crippen LogP contribution in [0, 0.1) is 0 Å². The Morgan fingerprint density at radius 3 is 2.68 bits per heavy atom. The third kappa shape index (κ3) is 5.54. The van der Waals surface area contributed by atoms with E-state index < -0.39 is 0 Å². The minimum atomic E-state index is 0.00782. The number of carbonyl (C=O) groups excluding carboxylic acids is 1. The molecule has 0 aliphatic carbocycles. The molecule has 12 heteroatoms. The third-order valence-electron chi connectivity index (χ3n) is 6.89. The molecule has 6 rings (SSSR count). The van der Waals surface area contributed by atoms with E-state index in [1.54, 1.807) is 48.2 Å². The highest BCUT2D eigenvalue weighted by atomic mass is 35.5. The predicted molar refractivity (Wildman–Crippen MR) is 154 cm³/mol. The fourth-order valence-corrected chi connectivity index (χ4v) is 5.03. The van der Waals surface area contributed by atoms with Crippen LogP contribution in [0.15, 0.2) is 71.5 Å². The summed E-state index contributed by atoms with van der Waals surface area (Å²) < 4.78 is 18.0. The van der Waals surface area contributed by atoms with Gasteiger partial charge in [0, 0.05) is 48.6 Å². The second-order valence-electron chi connectivity index (χ2n) is 9.53. The van der Waals surface area contributed by atoms with Gasteiger partial charge in [-0.15, -0.1) is 5.10 Å². The average molecular weight is 574 g/mol. The lowest BCUT2D eigenvalue weighted by Gasteiger charge is -2.34. The molecule has 4 heterocycles. The highest BCUT2D eigenvalue weighted by Gasteiger charge is 2.26. The Morgan fingerprint density at radius 2 is 1.93 bits per heavy atom. The molecule has 0 spiro atoms. The van der Waals surface area contributed by atoms with Gasteiger partial charge >= 0.3 is 0 Å². The largest absolute Gasteiger partial charge is 0.493 e. The van der Waals surface area contributed by atoms with Gasteiger partial charge in [-0.3, -0.25) is 9.69 Å². The number of methoxy groups -OCH3 is 2. The fourth-order valence-electron chi connectivity index (χ4n) is 4.85. The number of amides is 1. The Labute approximate surface area is 241 Å². The molecule has 1 aliphatic rings. The Morgan fingerprint density at radius 1 is 1.05 bits per heavy atom. The summed E-state index contributed by atoms with van der Waals surface area (Å²) in [4.78, 5) is 26.4. The van der Waals surface area contributed by atoms with Crippen LogP contribution in [0.2, 0.25) is 5.02 Å². The zero-order chi connectivity index (χ0) is 28.3. The summed E-state index contributed by atoms with van der Waals surface area (Å²) in [5.74, 6) is 2.83. The van der Waals surface area contributed by atoms with Crippen LogP contribution < -0.4 is 19.7 Å². The molecular weight excluding hydrogens is 546 g/mol. The van der Waals surface area contributed by atoms with Gasteiger partial charge in [0.25, 0.3) is 0 Å². The van der Waals surface area contributed by atoms with Crippen LogP contribution in [0.3, 0.4) is 0 Å². The van der Waals surface area contributed by atoms with E-state index in [9.17, 15) is 4.79 Å². The van der Waals surface area contributed by atoms with Crippen LogP contribution in [0.1, 0.15) is 11.1 Å². The molecule has 11 nitrogen and oxygen atoms in total. The number of hydrogen-bond acceptors (Lipinski definition) is 9. The van der Waals surface area contributed by atoms with E-state index in [1.165, 1.54) is 0 Å². The molecule has 1 N–H and O–H groups in total. The number of nitrogens with zero attached hydrogens (tertiary/aromatic N) is 6. The monoisotopic (exact) mass is 573 g/mol. The second kappa shape index (κ2) is 11.5. The third-order valence-corrected chi connectivity index (χ3v) is 7.13. The normalized spacial score (nSPS) is 14.0. The summed E-state index contributed by atoms with van der Waals surface area (Å²) in [6.07, 6.45) is 3.36. The first-order valence-electron chi connectivity index (χ1n) is 13.0. The maximum Gasteiger partial charge on any atom is 0.241 e. The summed E-state index contributed by atoms with van der Waals surface area (Å²) in [6.45, 7) is 2.45. The van der Waals surface area contributed by atoms with Gasteiger partial charge in [-0.1, -0.05) is 23.7 Å². The molecule has 1 saturated heterocycles. The topological polar surface area (TPSA) is 110 Å². The summed E-state index contributed by atoms with van der Waals surface area (Å²) in [7, 11) is 3.21. The Bertz CT molecular complexity index is 1690. The molecule has 0 radical (unpaired) electrons. The lowest BCUT2D eigenvalue weighted by molar-refractivity contribution is -0.121. The van der Waals surface area contributed by atoms with Crippen molar-refractivity contribution in [3.8, 4) is 23.1 Å². The first-order chi connectivity index (χ1) is 20.0. The molecule has 1 amide bonds. The van der Waals surface area contributed by atoms with Crippen molar-refractivity contribution in [3.05, 3.63) is 83.2 Å². The maximum absolute atomic E-state index is 13.0. The van der Waals surface area contributed by atoms with Crippen molar-refractivity contribution in [3.63, 3.8) is 0 Å². The summed E-state index contributed by atoms with van der Waals surface area (Å²) in [6, 6.07) is 16.7. The lowest BCUT2D eigenvalue weighted by atomic mass is 10.2. The molecule has 210 valence electrons. The Balaban J connectivity index is 1.24. The van der Waals surface area contributed by atoms with Gasteiger partial charge in [-0.2, -0.15) is 4.52 Å². The quantitative estimate of drug-likeness (QED) is 0.272. The fraction of sp³-hybridized carbons (Fsp3) is 0.241. The number of benzene rings is 2. The first kappa shape index (κ1) is 26.6. The lowest BCUT2D eigenvalue weighted by Crippen LogP contribution is -2.50. The standard InChI is InChI=1S/C29H28ClN7O4/c1-39-23-9-8-19(13-25(23)40-2)15-31-29-32-16-20(28-33-27(34-37(28)29)24-7-4-12-41-24)17-35-10-11-36(26(38)18-35)22-6-3-5-21(30)14-22/h3-9,12-14,16H,10-11,15,17-18H2,1-2H3,(H,31,32). The van der Waals surface area contributed by atoms with Crippen molar-refractivity contribution in [2.45, 2.75) is 13.1 Å². The van der Waals surface area contributed by atoms with Crippen molar-refractivity contribution in [1.29, 1.82) is 0 Å². The molecule has 5 aromatic rings. The number of hydrogen-bond donors (Lipinski definition) is 1. The zero-order valence-electron chi connectivity index (χ0n) is 22.6. The van der Waals surface area contributed by atoms with Crippen LogP contribution in [-0.2, 0) is 17.9 Å². The number of ether oxygens (including phenoxy) is 2. The number of furan rings is 1. The first-order valence-corrected chi connectivity index (χ1v) is 13.4. The minimum Gasteiger partial charge on any atom is -0.493 e. The number of aromatic nitrogens is 4. The van der Waals surface area contributed by atoms with Crippen molar-refractivity contribution in [1.82, 2.24) is 24.5 Å². The number of carbonyl (C=O) groups is 1. The number of rotatable bonds is 9. The van der Waals surface area contributed by atoms with E-state index in [-0.39, 0.29) is 12.5 Å². The molecule has 2 aromatic carbocycles. The highest BCUT2D eigenvalue weighted by Crippen LogP contribution is 2.28. The number of fused-ring (bicyclic) bond motifs is 1. The highest BCUT2D eigenvalue weighted by molar-refractivity contribution is 6.30. The summed E-state index contributed by atoms with van der Waals surface area (Å²) in [5, 5.41) is 8.65. The van der Waals surface area contributed by atoms with E-state index in [0.717, 1.165) is 16.8 Å². The summed E-state index contributed by atoms with van der Waals surface area (Å²) >= 11 is 6.15. The van der Waals surface area contributed by atoms with Gasteiger partial charge in [0.1, 0.15) is 0 Å². The van der Waals surface area contributed by atoms with E-state index >= 15 is 0 Å². The maximum atomic E-state index is 13.0. The van der Waals surface area contributed by atoms with Gasteiger partial charge < -0.3 is 24.1 Å². The Kier molecular flexibility index (Phi) is 7.45. The molecule has 0 atom stereocenters. The van der Waals surface area contributed by atoms with E-state index in [4.69, 9.17) is 35.6 Å². The molecule has 3 aromatic heterocycles. The second-order valence-corrected chi connectivity index (χ2v) is 9.97. The minimum absolute atomic E-state index is 0.00782. The average Bonchev–Trinajstić information content (AvgIpc) is 3.68. The van der Waals surface area contributed by atoms with Crippen LogP contribution in [-0.4, -0.2) is 64.2 Å². The van der Waals surface area contributed by atoms with Crippen LogP contribution >= 0.6 is 11.6 Å².